The summed E-state index contributed by atoms with van der Waals surface area (Å²) in [5.41, 5.74) is 11.3. The van der Waals surface area contributed by atoms with Crippen molar-refractivity contribution in [3.63, 3.8) is 0 Å². The molecule has 7 nitrogen and oxygen atoms in total. The van der Waals surface area contributed by atoms with Gasteiger partial charge >= 0.3 is 5.97 Å². The number of pyridine rings is 1. The largest absolute Gasteiger partial charge is 0.478 e. The maximum atomic E-state index is 11.1. The third-order valence-corrected chi connectivity index (χ3v) is 3.40. The van der Waals surface area contributed by atoms with E-state index in [1.54, 1.807) is 0 Å². The minimum atomic E-state index is -1.08. The Kier molecular flexibility index (Phi) is 3.55. The number of aromatic carboxylic acids is 1. The first kappa shape index (κ1) is 13.1. The lowest BCUT2D eigenvalue weighted by molar-refractivity contribution is -0.122. The third-order valence-electron chi connectivity index (χ3n) is 3.40. The summed E-state index contributed by atoms with van der Waals surface area (Å²) in [7, 11) is 0. The van der Waals surface area contributed by atoms with E-state index in [9.17, 15) is 9.59 Å². The summed E-state index contributed by atoms with van der Waals surface area (Å²) >= 11 is 0. The minimum absolute atomic E-state index is 0.0435. The van der Waals surface area contributed by atoms with Gasteiger partial charge in [0.2, 0.25) is 5.91 Å². The van der Waals surface area contributed by atoms with Gasteiger partial charge in [-0.2, -0.15) is 0 Å². The van der Waals surface area contributed by atoms with E-state index < -0.39 is 5.97 Å². The van der Waals surface area contributed by atoms with Gasteiger partial charge in [-0.05, 0) is 18.9 Å². The number of carboxylic acids is 1. The molecule has 1 aliphatic rings. The van der Waals surface area contributed by atoms with Crippen LogP contribution in [0.2, 0.25) is 0 Å². The zero-order chi connectivity index (χ0) is 14.0. The Morgan fingerprint density at radius 1 is 1.37 bits per heavy atom. The summed E-state index contributed by atoms with van der Waals surface area (Å²) in [5.74, 6) is -1.03. The molecule has 0 aromatic carbocycles. The maximum Gasteiger partial charge on any atom is 0.337 e. The number of carbonyl (C=O) groups excluding carboxylic acids is 1. The molecule has 1 saturated heterocycles. The molecule has 0 atom stereocenters. The number of hydrogen-bond acceptors (Lipinski definition) is 5. The lowest BCUT2D eigenvalue weighted by atomic mass is 9.96. The van der Waals surface area contributed by atoms with Crippen LogP contribution in [-0.2, 0) is 4.79 Å². The normalized spacial score (nSPS) is 16.3. The van der Waals surface area contributed by atoms with Crippen LogP contribution in [0.1, 0.15) is 23.2 Å². The predicted octanol–water partition coefficient (Wildman–Crippen LogP) is 0.0637. The molecule has 102 valence electrons. The van der Waals surface area contributed by atoms with Gasteiger partial charge in [-0.1, -0.05) is 0 Å². The van der Waals surface area contributed by atoms with Crippen molar-refractivity contribution in [3.05, 3.63) is 17.8 Å². The molecule has 1 aromatic heterocycles. The minimum Gasteiger partial charge on any atom is -0.478 e. The zero-order valence-corrected chi connectivity index (χ0v) is 10.4. The van der Waals surface area contributed by atoms with Crippen molar-refractivity contribution in [2.45, 2.75) is 12.8 Å². The summed E-state index contributed by atoms with van der Waals surface area (Å²) in [5, 5.41) is 9.02. The van der Waals surface area contributed by atoms with Crippen LogP contribution in [0.25, 0.3) is 0 Å². The molecule has 0 saturated carbocycles. The summed E-state index contributed by atoms with van der Waals surface area (Å²) < 4.78 is 0. The standard InChI is InChI=1S/C12H16N4O3/c13-9-8(12(18)19)1-4-15-11(9)16-5-2-7(3-6-16)10(14)17/h1,4,7H,2-3,5-6,13H2,(H2,14,17)(H,18,19). The quantitative estimate of drug-likeness (QED) is 0.709. The molecule has 2 heterocycles. The first-order valence-corrected chi connectivity index (χ1v) is 6.02. The molecule has 0 aliphatic carbocycles. The molecule has 0 unspecified atom stereocenters. The highest BCUT2D eigenvalue weighted by Crippen LogP contribution is 2.28. The second-order valence-corrected chi connectivity index (χ2v) is 4.56. The summed E-state index contributed by atoms with van der Waals surface area (Å²) in [4.78, 5) is 28.1. The van der Waals surface area contributed by atoms with Crippen molar-refractivity contribution in [2.75, 3.05) is 23.7 Å². The third kappa shape index (κ3) is 2.59. The Bertz CT molecular complexity index is 510. The van der Waals surface area contributed by atoms with Gasteiger partial charge in [0.25, 0.3) is 0 Å². The fourth-order valence-corrected chi connectivity index (χ4v) is 2.28. The molecular weight excluding hydrogens is 248 g/mol. The van der Waals surface area contributed by atoms with Crippen molar-refractivity contribution in [3.8, 4) is 0 Å². The van der Waals surface area contributed by atoms with Crippen LogP contribution in [0.5, 0.6) is 0 Å². The number of piperidine rings is 1. The number of rotatable bonds is 3. The van der Waals surface area contributed by atoms with E-state index in [4.69, 9.17) is 16.6 Å². The zero-order valence-electron chi connectivity index (χ0n) is 10.4. The predicted molar refractivity (Wildman–Crippen MR) is 69.7 cm³/mol. The monoisotopic (exact) mass is 264 g/mol. The molecule has 19 heavy (non-hydrogen) atoms. The molecule has 2 rings (SSSR count). The maximum absolute atomic E-state index is 11.1. The van der Waals surface area contributed by atoms with Crippen molar-refractivity contribution >= 4 is 23.4 Å². The number of carboxylic acid groups (broad SMARTS) is 1. The number of hydrogen-bond donors (Lipinski definition) is 3. The summed E-state index contributed by atoms with van der Waals surface area (Å²) in [6, 6.07) is 1.37. The number of amides is 1. The Morgan fingerprint density at radius 2 is 2.00 bits per heavy atom. The molecule has 1 aromatic rings. The molecule has 1 fully saturated rings. The highest BCUT2D eigenvalue weighted by molar-refractivity contribution is 5.96. The van der Waals surface area contributed by atoms with Crippen LogP contribution in [-0.4, -0.2) is 35.1 Å². The van der Waals surface area contributed by atoms with Gasteiger partial charge in [0.1, 0.15) is 0 Å². The molecule has 0 spiro atoms. The second-order valence-electron chi connectivity index (χ2n) is 4.56. The van der Waals surface area contributed by atoms with E-state index in [0.29, 0.717) is 31.7 Å². The van der Waals surface area contributed by atoms with E-state index >= 15 is 0 Å². The summed E-state index contributed by atoms with van der Waals surface area (Å²) in [6.07, 6.45) is 2.69. The van der Waals surface area contributed by atoms with Gasteiger partial charge < -0.3 is 21.5 Å². The van der Waals surface area contributed by atoms with Gasteiger partial charge in [0.15, 0.2) is 5.82 Å². The first-order chi connectivity index (χ1) is 9.00. The highest BCUT2D eigenvalue weighted by atomic mass is 16.4. The SMILES string of the molecule is NC(=O)C1CCN(c2nccc(C(=O)O)c2N)CC1. The Hall–Kier alpha value is -2.31. The van der Waals surface area contributed by atoms with Crippen LogP contribution in [0, 0.1) is 5.92 Å². The lowest BCUT2D eigenvalue weighted by Gasteiger charge is -2.32. The van der Waals surface area contributed by atoms with Crippen LogP contribution >= 0.6 is 0 Å². The number of nitrogens with zero attached hydrogens (tertiary/aromatic N) is 2. The smallest absolute Gasteiger partial charge is 0.337 e. The van der Waals surface area contributed by atoms with E-state index in [-0.39, 0.29) is 23.1 Å². The van der Waals surface area contributed by atoms with Crippen LogP contribution in [0.4, 0.5) is 11.5 Å². The van der Waals surface area contributed by atoms with Crippen molar-refractivity contribution < 1.29 is 14.7 Å². The fourth-order valence-electron chi connectivity index (χ4n) is 2.28. The molecule has 7 heteroatoms. The number of anilines is 2. The number of nitrogen functional groups attached to an aromatic ring is 1. The molecule has 1 aliphatic heterocycles. The van der Waals surface area contributed by atoms with Gasteiger partial charge in [-0.15, -0.1) is 0 Å². The highest BCUT2D eigenvalue weighted by Gasteiger charge is 2.25. The lowest BCUT2D eigenvalue weighted by Crippen LogP contribution is -2.39. The van der Waals surface area contributed by atoms with Gasteiger partial charge in [-0.25, -0.2) is 9.78 Å². The summed E-state index contributed by atoms with van der Waals surface area (Å²) in [6.45, 7) is 1.18. The van der Waals surface area contributed by atoms with Gasteiger partial charge in [0, 0.05) is 25.2 Å². The van der Waals surface area contributed by atoms with Crippen molar-refractivity contribution in [1.82, 2.24) is 4.98 Å². The van der Waals surface area contributed by atoms with Crippen molar-refractivity contribution in [1.29, 1.82) is 0 Å². The van der Waals surface area contributed by atoms with Crippen LogP contribution in [0.15, 0.2) is 12.3 Å². The Labute approximate surface area is 110 Å². The molecule has 0 bridgehead atoms. The Balaban J connectivity index is 2.18. The van der Waals surface area contributed by atoms with Gasteiger partial charge in [0.05, 0.1) is 11.3 Å². The van der Waals surface area contributed by atoms with E-state index in [0.717, 1.165) is 0 Å². The molecule has 1 amide bonds. The first-order valence-electron chi connectivity index (χ1n) is 6.02. The van der Waals surface area contributed by atoms with Crippen LogP contribution < -0.4 is 16.4 Å². The molecular formula is C12H16N4O3. The Morgan fingerprint density at radius 3 is 2.53 bits per heavy atom. The average molecular weight is 264 g/mol. The number of primary amides is 1. The van der Waals surface area contributed by atoms with E-state index in [2.05, 4.69) is 4.98 Å². The fraction of sp³-hybridized carbons (Fsp3) is 0.417. The van der Waals surface area contributed by atoms with E-state index in [1.165, 1.54) is 12.3 Å². The topological polar surface area (TPSA) is 123 Å². The molecule has 5 N–H and O–H groups in total. The van der Waals surface area contributed by atoms with Crippen molar-refractivity contribution in [2.24, 2.45) is 11.7 Å². The van der Waals surface area contributed by atoms with Crippen LogP contribution in [0.3, 0.4) is 0 Å². The number of carbonyl (C=O) groups is 2. The van der Waals surface area contributed by atoms with E-state index in [1.807, 2.05) is 4.90 Å². The average Bonchev–Trinajstić information content (AvgIpc) is 2.38. The number of nitrogens with two attached hydrogens (primary N) is 2. The number of aromatic nitrogens is 1. The van der Waals surface area contributed by atoms with Gasteiger partial charge in [-0.3, -0.25) is 4.79 Å². The molecule has 0 radical (unpaired) electrons. The second kappa shape index (κ2) is 5.13.